The maximum atomic E-state index is 12.1. The molecule has 0 aliphatic carbocycles. The Kier molecular flexibility index (Phi) is 4.80. The molecule has 0 saturated carbocycles. The number of carboxylic acid groups (broad SMARTS) is 1. The standard InChI is InChI=1S/C16H20ClN5O3/c1-3-22-14(19-20(2)16(22)25)10-6-8-21(9-7-10)12-5-4-11(17)13(18-12)15(23)24/h4-5,10H,3,6-9H2,1-2H3,(H,23,24). The first-order valence-corrected chi connectivity index (χ1v) is 8.58. The monoisotopic (exact) mass is 365 g/mol. The van der Waals surface area contributed by atoms with E-state index in [2.05, 4.69) is 10.1 Å². The number of aryl methyl sites for hydroxylation is 1. The van der Waals surface area contributed by atoms with Gasteiger partial charge < -0.3 is 10.0 Å². The van der Waals surface area contributed by atoms with E-state index in [0.29, 0.717) is 25.5 Å². The molecule has 1 N–H and O–H groups in total. The molecule has 2 aromatic rings. The van der Waals surface area contributed by atoms with Gasteiger partial charge in [-0.3, -0.25) is 4.57 Å². The highest BCUT2D eigenvalue weighted by molar-refractivity contribution is 6.33. The van der Waals surface area contributed by atoms with Gasteiger partial charge in [-0.2, -0.15) is 5.10 Å². The topological polar surface area (TPSA) is 93.2 Å². The molecule has 25 heavy (non-hydrogen) atoms. The number of aromatic nitrogens is 4. The van der Waals surface area contributed by atoms with Gasteiger partial charge in [0.25, 0.3) is 0 Å². The minimum Gasteiger partial charge on any atom is -0.476 e. The second-order valence-electron chi connectivity index (χ2n) is 6.07. The summed E-state index contributed by atoms with van der Waals surface area (Å²) in [5.74, 6) is 0.498. The van der Waals surface area contributed by atoms with Gasteiger partial charge in [0.05, 0.1) is 5.02 Å². The van der Waals surface area contributed by atoms with Crippen molar-refractivity contribution < 1.29 is 9.90 Å². The fourth-order valence-electron chi connectivity index (χ4n) is 3.25. The quantitative estimate of drug-likeness (QED) is 0.886. The lowest BCUT2D eigenvalue weighted by Crippen LogP contribution is -2.35. The molecule has 0 atom stereocenters. The number of halogens is 1. The summed E-state index contributed by atoms with van der Waals surface area (Å²) in [6.07, 6.45) is 1.65. The maximum absolute atomic E-state index is 12.1. The van der Waals surface area contributed by atoms with Crippen molar-refractivity contribution in [1.29, 1.82) is 0 Å². The van der Waals surface area contributed by atoms with Gasteiger partial charge in [-0.25, -0.2) is 19.3 Å². The Hall–Kier alpha value is -2.35. The lowest BCUT2D eigenvalue weighted by molar-refractivity contribution is 0.0691. The highest BCUT2D eigenvalue weighted by Gasteiger charge is 2.27. The molecule has 0 spiro atoms. The largest absolute Gasteiger partial charge is 0.476 e. The predicted molar refractivity (Wildman–Crippen MR) is 93.5 cm³/mol. The second-order valence-corrected chi connectivity index (χ2v) is 6.48. The SMILES string of the molecule is CCn1c(C2CCN(c3ccc(Cl)c(C(=O)O)n3)CC2)nn(C)c1=O. The van der Waals surface area contributed by atoms with Crippen molar-refractivity contribution >= 4 is 23.4 Å². The Morgan fingerprint density at radius 3 is 2.64 bits per heavy atom. The van der Waals surface area contributed by atoms with Crippen LogP contribution in [0.4, 0.5) is 5.82 Å². The van der Waals surface area contributed by atoms with Crippen molar-refractivity contribution in [1.82, 2.24) is 19.3 Å². The van der Waals surface area contributed by atoms with E-state index < -0.39 is 5.97 Å². The van der Waals surface area contributed by atoms with E-state index in [1.807, 2.05) is 11.8 Å². The molecule has 8 nitrogen and oxygen atoms in total. The van der Waals surface area contributed by atoms with Crippen LogP contribution in [0.15, 0.2) is 16.9 Å². The summed E-state index contributed by atoms with van der Waals surface area (Å²) in [5.41, 5.74) is -0.226. The third-order valence-electron chi connectivity index (χ3n) is 4.57. The zero-order valence-corrected chi connectivity index (χ0v) is 14.9. The van der Waals surface area contributed by atoms with Gasteiger partial charge in [0.2, 0.25) is 0 Å². The molecule has 0 bridgehead atoms. The second kappa shape index (κ2) is 6.87. The fourth-order valence-corrected chi connectivity index (χ4v) is 3.43. The van der Waals surface area contributed by atoms with Crippen LogP contribution in [0.25, 0.3) is 0 Å². The van der Waals surface area contributed by atoms with E-state index in [1.165, 1.54) is 4.68 Å². The molecule has 2 aromatic heterocycles. The Bertz CT molecular complexity index is 852. The zero-order valence-electron chi connectivity index (χ0n) is 14.1. The summed E-state index contributed by atoms with van der Waals surface area (Å²) in [7, 11) is 1.66. The van der Waals surface area contributed by atoms with Crippen molar-refractivity contribution in [3.8, 4) is 0 Å². The number of piperidine rings is 1. The average Bonchev–Trinajstić information content (AvgIpc) is 2.89. The van der Waals surface area contributed by atoms with E-state index in [-0.39, 0.29) is 22.3 Å². The molecule has 1 aliphatic rings. The van der Waals surface area contributed by atoms with Crippen molar-refractivity contribution in [2.24, 2.45) is 7.05 Å². The van der Waals surface area contributed by atoms with Crippen molar-refractivity contribution in [3.05, 3.63) is 39.2 Å². The molecule has 1 saturated heterocycles. The molecule has 1 aliphatic heterocycles. The third-order valence-corrected chi connectivity index (χ3v) is 4.88. The number of rotatable bonds is 4. The Morgan fingerprint density at radius 1 is 1.36 bits per heavy atom. The molecule has 3 rings (SSSR count). The molecule has 134 valence electrons. The Labute approximate surface area is 149 Å². The zero-order chi connectivity index (χ0) is 18.1. The molecule has 1 fully saturated rings. The van der Waals surface area contributed by atoms with Crippen molar-refractivity contribution in [2.75, 3.05) is 18.0 Å². The van der Waals surface area contributed by atoms with Gasteiger partial charge in [-0.15, -0.1) is 0 Å². The van der Waals surface area contributed by atoms with Crippen LogP contribution in [0.2, 0.25) is 5.02 Å². The number of aromatic carboxylic acids is 1. The van der Waals surface area contributed by atoms with Crippen LogP contribution >= 0.6 is 11.6 Å². The van der Waals surface area contributed by atoms with Crippen molar-refractivity contribution in [2.45, 2.75) is 32.2 Å². The number of nitrogens with zero attached hydrogens (tertiary/aromatic N) is 5. The number of carbonyl (C=O) groups is 1. The van der Waals surface area contributed by atoms with Crippen LogP contribution in [0.1, 0.15) is 42.0 Å². The summed E-state index contributed by atoms with van der Waals surface area (Å²) < 4.78 is 3.09. The summed E-state index contributed by atoms with van der Waals surface area (Å²) in [4.78, 5) is 29.5. The van der Waals surface area contributed by atoms with Gasteiger partial charge in [0.15, 0.2) is 5.69 Å². The van der Waals surface area contributed by atoms with Crippen LogP contribution in [-0.2, 0) is 13.6 Å². The first-order chi connectivity index (χ1) is 11.9. The third kappa shape index (κ3) is 3.26. The van der Waals surface area contributed by atoms with Crippen LogP contribution < -0.4 is 10.6 Å². The minimum atomic E-state index is -1.14. The van der Waals surface area contributed by atoms with E-state index in [0.717, 1.165) is 18.7 Å². The lowest BCUT2D eigenvalue weighted by Gasteiger charge is -2.32. The van der Waals surface area contributed by atoms with E-state index in [1.54, 1.807) is 23.7 Å². The van der Waals surface area contributed by atoms with E-state index in [9.17, 15) is 9.59 Å². The molecule has 3 heterocycles. The molecular weight excluding hydrogens is 346 g/mol. The Morgan fingerprint density at radius 2 is 2.04 bits per heavy atom. The smallest absolute Gasteiger partial charge is 0.356 e. The first kappa shape index (κ1) is 17.5. The van der Waals surface area contributed by atoms with Crippen LogP contribution in [0.3, 0.4) is 0 Å². The number of anilines is 1. The summed E-state index contributed by atoms with van der Waals surface area (Å²) >= 11 is 5.88. The van der Waals surface area contributed by atoms with Gasteiger partial charge in [-0.05, 0) is 31.9 Å². The molecule has 0 unspecified atom stereocenters. The van der Waals surface area contributed by atoms with Gasteiger partial charge in [0, 0.05) is 32.6 Å². The normalized spacial score (nSPS) is 15.6. The highest BCUT2D eigenvalue weighted by atomic mass is 35.5. The van der Waals surface area contributed by atoms with E-state index in [4.69, 9.17) is 16.7 Å². The van der Waals surface area contributed by atoms with Crippen LogP contribution in [-0.4, -0.2) is 43.5 Å². The summed E-state index contributed by atoms with van der Waals surface area (Å²) in [5, 5.41) is 13.7. The molecular formula is C16H20ClN5O3. The first-order valence-electron chi connectivity index (χ1n) is 8.20. The molecule has 9 heteroatoms. The average molecular weight is 366 g/mol. The highest BCUT2D eigenvalue weighted by Crippen LogP contribution is 2.29. The molecule has 0 radical (unpaired) electrons. The number of pyridine rings is 1. The number of carboxylic acids is 1. The van der Waals surface area contributed by atoms with Gasteiger partial charge in [-0.1, -0.05) is 11.6 Å². The number of hydrogen-bond donors (Lipinski definition) is 1. The fraction of sp³-hybridized carbons (Fsp3) is 0.500. The predicted octanol–water partition coefficient (Wildman–Crippen LogP) is 1.73. The van der Waals surface area contributed by atoms with Gasteiger partial charge in [0.1, 0.15) is 11.6 Å². The molecule has 0 amide bonds. The lowest BCUT2D eigenvalue weighted by atomic mass is 9.96. The van der Waals surface area contributed by atoms with Crippen LogP contribution in [0, 0.1) is 0 Å². The maximum Gasteiger partial charge on any atom is 0.356 e. The van der Waals surface area contributed by atoms with Crippen LogP contribution in [0.5, 0.6) is 0 Å². The summed E-state index contributed by atoms with van der Waals surface area (Å²) in [6.45, 7) is 3.97. The Balaban J connectivity index is 1.76. The molecule has 0 aromatic carbocycles. The van der Waals surface area contributed by atoms with Gasteiger partial charge >= 0.3 is 11.7 Å². The van der Waals surface area contributed by atoms with Crippen molar-refractivity contribution in [3.63, 3.8) is 0 Å². The minimum absolute atomic E-state index is 0.0922. The summed E-state index contributed by atoms with van der Waals surface area (Å²) in [6, 6.07) is 3.30. The van der Waals surface area contributed by atoms with E-state index >= 15 is 0 Å². The number of hydrogen-bond acceptors (Lipinski definition) is 5.